The van der Waals surface area contributed by atoms with E-state index in [9.17, 15) is 0 Å². The van der Waals surface area contributed by atoms with Crippen LogP contribution in [-0.4, -0.2) is 5.38 Å². The zero-order chi connectivity index (χ0) is 9.23. The van der Waals surface area contributed by atoms with E-state index in [1.807, 2.05) is 0 Å². The lowest BCUT2D eigenvalue weighted by molar-refractivity contribution is 0.734. The lowest BCUT2D eigenvalue weighted by atomic mass is 10.1. The highest BCUT2D eigenvalue weighted by Gasteiger charge is 1.98. The molecule has 0 aliphatic rings. The summed E-state index contributed by atoms with van der Waals surface area (Å²) in [5.41, 5.74) is 0. The van der Waals surface area contributed by atoms with Crippen molar-refractivity contribution in [2.45, 2.75) is 57.7 Å². The summed E-state index contributed by atoms with van der Waals surface area (Å²) < 4.78 is 0. The van der Waals surface area contributed by atoms with Gasteiger partial charge in [-0.15, -0.1) is 11.6 Å². The van der Waals surface area contributed by atoms with Crippen LogP contribution in [0.3, 0.4) is 0 Å². The smallest absolute Gasteiger partial charge is 0.0370 e. The average molecular weight is 189 g/mol. The molecule has 0 heterocycles. The largest absolute Gasteiger partial charge is 0.123 e. The van der Waals surface area contributed by atoms with Crippen molar-refractivity contribution < 1.29 is 0 Å². The van der Waals surface area contributed by atoms with Crippen LogP contribution >= 0.6 is 11.6 Å². The maximum Gasteiger partial charge on any atom is 0.0370 e. The first-order valence-electron chi connectivity index (χ1n) is 5.10. The first kappa shape index (κ1) is 12.0. The lowest BCUT2D eigenvalue weighted by Crippen LogP contribution is -1.94. The fourth-order valence-electron chi connectivity index (χ4n) is 1.11. The Hall–Kier alpha value is 0.0300. The minimum absolute atomic E-state index is 0.355. The highest BCUT2D eigenvalue weighted by atomic mass is 35.5. The van der Waals surface area contributed by atoms with Crippen LogP contribution in [0.2, 0.25) is 0 Å². The van der Waals surface area contributed by atoms with Gasteiger partial charge in [0.15, 0.2) is 0 Å². The molecule has 0 fully saturated rings. The summed E-state index contributed by atoms with van der Waals surface area (Å²) in [7, 11) is 0. The number of hydrogen-bond acceptors (Lipinski definition) is 0. The lowest BCUT2D eigenvalue weighted by Gasteiger charge is -2.02. The molecule has 0 aromatic rings. The maximum absolute atomic E-state index is 6.04. The Labute approximate surface area is 82.0 Å². The molecule has 0 N–H and O–H groups in total. The molecule has 0 radical (unpaired) electrons. The molecule has 0 rings (SSSR count). The van der Waals surface area contributed by atoms with Gasteiger partial charge in [0.25, 0.3) is 0 Å². The van der Waals surface area contributed by atoms with Crippen molar-refractivity contribution in [3.8, 4) is 0 Å². The molecular formula is C11H21Cl. The molecule has 0 saturated heterocycles. The number of halogens is 1. The normalized spacial score (nSPS) is 13.9. The van der Waals surface area contributed by atoms with Crippen LogP contribution in [0.1, 0.15) is 52.4 Å². The van der Waals surface area contributed by atoms with E-state index in [0.717, 1.165) is 12.8 Å². The molecular weight excluding hydrogens is 168 g/mol. The molecule has 0 spiro atoms. The van der Waals surface area contributed by atoms with Gasteiger partial charge in [-0.1, -0.05) is 45.3 Å². The number of hydrogen-bond donors (Lipinski definition) is 0. The van der Waals surface area contributed by atoms with Crippen LogP contribution in [0, 0.1) is 0 Å². The van der Waals surface area contributed by atoms with E-state index in [1.54, 1.807) is 0 Å². The summed E-state index contributed by atoms with van der Waals surface area (Å²) in [6.07, 6.45) is 11.7. The zero-order valence-corrected chi connectivity index (χ0v) is 9.11. The van der Waals surface area contributed by atoms with Crippen molar-refractivity contribution in [3.63, 3.8) is 0 Å². The van der Waals surface area contributed by atoms with Gasteiger partial charge in [-0.3, -0.25) is 0 Å². The van der Waals surface area contributed by atoms with E-state index in [0.29, 0.717) is 5.38 Å². The van der Waals surface area contributed by atoms with Crippen LogP contribution in [0.15, 0.2) is 12.2 Å². The first-order chi connectivity index (χ1) is 5.81. The summed E-state index contributed by atoms with van der Waals surface area (Å²) in [4.78, 5) is 0. The van der Waals surface area contributed by atoms with Crippen molar-refractivity contribution in [1.29, 1.82) is 0 Å². The summed E-state index contributed by atoms with van der Waals surface area (Å²) >= 11 is 6.04. The standard InChI is InChI=1S/C11H21Cl/c1-3-5-6-7-8-10-11(12)9-4-2/h7-8,11H,3-6,9-10H2,1-2H3/b8-7+. The Morgan fingerprint density at radius 3 is 2.50 bits per heavy atom. The van der Waals surface area contributed by atoms with E-state index in [-0.39, 0.29) is 0 Å². The molecule has 0 nitrogen and oxygen atoms in total. The van der Waals surface area contributed by atoms with Gasteiger partial charge in [0, 0.05) is 5.38 Å². The number of unbranched alkanes of at least 4 members (excludes halogenated alkanes) is 2. The Balaban J connectivity index is 3.21. The van der Waals surface area contributed by atoms with E-state index in [2.05, 4.69) is 26.0 Å². The second-order valence-electron chi connectivity index (χ2n) is 3.24. The SMILES string of the molecule is CCCC/C=C/CC(Cl)CCC. The summed E-state index contributed by atoms with van der Waals surface area (Å²) in [6.45, 7) is 4.39. The quantitative estimate of drug-likeness (QED) is 0.313. The molecule has 1 unspecified atom stereocenters. The molecule has 0 amide bonds. The third kappa shape index (κ3) is 8.13. The highest BCUT2D eigenvalue weighted by molar-refractivity contribution is 6.20. The fourth-order valence-corrected chi connectivity index (χ4v) is 1.44. The minimum atomic E-state index is 0.355. The molecule has 1 heteroatoms. The van der Waals surface area contributed by atoms with Gasteiger partial charge < -0.3 is 0 Å². The van der Waals surface area contributed by atoms with Gasteiger partial charge >= 0.3 is 0 Å². The first-order valence-corrected chi connectivity index (χ1v) is 5.54. The minimum Gasteiger partial charge on any atom is -0.123 e. The van der Waals surface area contributed by atoms with E-state index in [1.165, 1.54) is 25.7 Å². The van der Waals surface area contributed by atoms with Crippen LogP contribution in [0.4, 0.5) is 0 Å². The van der Waals surface area contributed by atoms with Gasteiger partial charge in [0.05, 0.1) is 0 Å². The van der Waals surface area contributed by atoms with E-state index < -0.39 is 0 Å². The third-order valence-corrected chi connectivity index (χ3v) is 2.28. The van der Waals surface area contributed by atoms with Crippen molar-refractivity contribution in [3.05, 3.63) is 12.2 Å². The van der Waals surface area contributed by atoms with Gasteiger partial charge in [-0.05, 0) is 19.3 Å². The van der Waals surface area contributed by atoms with Crippen LogP contribution in [0.25, 0.3) is 0 Å². The molecule has 12 heavy (non-hydrogen) atoms. The van der Waals surface area contributed by atoms with Crippen molar-refractivity contribution in [2.24, 2.45) is 0 Å². The predicted molar refractivity (Wildman–Crippen MR) is 57.8 cm³/mol. The fraction of sp³-hybridized carbons (Fsp3) is 0.818. The van der Waals surface area contributed by atoms with Gasteiger partial charge in [0.1, 0.15) is 0 Å². The van der Waals surface area contributed by atoms with Crippen LogP contribution < -0.4 is 0 Å². The van der Waals surface area contributed by atoms with Gasteiger partial charge in [0.2, 0.25) is 0 Å². The van der Waals surface area contributed by atoms with Crippen LogP contribution in [-0.2, 0) is 0 Å². The van der Waals surface area contributed by atoms with Gasteiger partial charge in [-0.25, -0.2) is 0 Å². The Bertz CT molecular complexity index is 108. The molecule has 0 saturated carbocycles. The zero-order valence-electron chi connectivity index (χ0n) is 8.35. The average Bonchev–Trinajstić information content (AvgIpc) is 2.05. The number of rotatable bonds is 7. The third-order valence-electron chi connectivity index (χ3n) is 1.88. The molecule has 0 bridgehead atoms. The van der Waals surface area contributed by atoms with E-state index >= 15 is 0 Å². The molecule has 0 aromatic heterocycles. The van der Waals surface area contributed by atoms with Gasteiger partial charge in [-0.2, -0.15) is 0 Å². The second-order valence-corrected chi connectivity index (χ2v) is 3.85. The summed E-state index contributed by atoms with van der Waals surface area (Å²) in [5.74, 6) is 0. The van der Waals surface area contributed by atoms with Crippen molar-refractivity contribution in [2.75, 3.05) is 0 Å². The monoisotopic (exact) mass is 188 g/mol. The van der Waals surface area contributed by atoms with E-state index in [4.69, 9.17) is 11.6 Å². The molecule has 72 valence electrons. The van der Waals surface area contributed by atoms with Crippen LogP contribution in [0.5, 0.6) is 0 Å². The van der Waals surface area contributed by atoms with Crippen molar-refractivity contribution in [1.82, 2.24) is 0 Å². The number of allylic oxidation sites excluding steroid dienone is 2. The molecule has 0 aromatic carbocycles. The topological polar surface area (TPSA) is 0 Å². The summed E-state index contributed by atoms with van der Waals surface area (Å²) in [6, 6.07) is 0. The molecule has 0 aliphatic carbocycles. The second kappa shape index (κ2) is 9.12. The molecule has 0 aliphatic heterocycles. The maximum atomic E-state index is 6.04. The Morgan fingerprint density at radius 2 is 1.92 bits per heavy atom. The highest BCUT2D eigenvalue weighted by Crippen LogP contribution is 2.10. The number of alkyl halides is 1. The molecule has 1 atom stereocenters. The Morgan fingerprint density at radius 1 is 1.17 bits per heavy atom. The van der Waals surface area contributed by atoms with Crippen molar-refractivity contribution >= 4 is 11.6 Å². The Kier molecular flexibility index (Phi) is 9.14. The predicted octanol–water partition coefficient (Wildman–Crippen LogP) is 4.53. The summed E-state index contributed by atoms with van der Waals surface area (Å²) in [5, 5.41) is 0.355.